The van der Waals surface area contributed by atoms with Crippen molar-refractivity contribution in [3.05, 3.63) is 107 Å². The molecule has 6 heterocycles. The van der Waals surface area contributed by atoms with Crippen LogP contribution >= 0.6 is 22.7 Å². The van der Waals surface area contributed by atoms with Gasteiger partial charge in [0.25, 0.3) is 5.91 Å². The summed E-state index contributed by atoms with van der Waals surface area (Å²) in [5.74, 6) is 7.43. The first kappa shape index (κ1) is 41.3. The molecule has 2 aliphatic heterocycles. The Balaban J connectivity index is 0.910. The van der Waals surface area contributed by atoms with Gasteiger partial charge in [-0.1, -0.05) is 68.4 Å². The summed E-state index contributed by atoms with van der Waals surface area (Å²) in [6.45, 7) is 4.95. The summed E-state index contributed by atoms with van der Waals surface area (Å²) in [6.07, 6.45) is 5.40. The highest BCUT2D eigenvalue weighted by Crippen LogP contribution is 2.39. The van der Waals surface area contributed by atoms with Crippen LogP contribution in [0.3, 0.4) is 0 Å². The number of nitrogens with one attached hydrogen (secondary N) is 4. The molecule has 2 aromatic carbocycles. The van der Waals surface area contributed by atoms with Gasteiger partial charge in [-0.2, -0.15) is 0 Å². The van der Waals surface area contributed by atoms with Gasteiger partial charge in [-0.25, -0.2) is 19.6 Å². The maximum Gasteiger partial charge on any atom is 0.407 e. The van der Waals surface area contributed by atoms with Gasteiger partial charge in [0.05, 0.1) is 49.3 Å². The largest absolute Gasteiger partial charge is 0.453 e. The standard InChI is InChI=1S/C45H46N8O6S2/c1-26(2)38(50-44(56)58-3)42(54)52-20-9-13-34(52)41-47-25-32(49-41)27-14-16-28(17-15-27)35-23-37-36(61-35)22-31(60-37)19-18-30-24-46-40(48-30)33-12-8-21-53(33)43(55)39(51-45(57)59-4)29-10-6-5-7-11-29/h5-7,10-11,14-17,22-26,33-34,38-39H,8-9,12-13,20-21H2,1-4H3,(H,46,48)(H,47,49)(H,50,56)(H,51,57)/t33?,34-,38-,39+/m0/s1. The van der Waals surface area contributed by atoms with E-state index in [1.54, 1.807) is 33.8 Å². The second-order valence-electron chi connectivity index (χ2n) is 15.4. The Hall–Kier alpha value is -6.44. The first-order chi connectivity index (χ1) is 29.6. The van der Waals surface area contributed by atoms with E-state index >= 15 is 0 Å². The number of carbonyl (C=O) groups excluding carboxylic acids is 4. The molecule has 0 aliphatic carbocycles. The van der Waals surface area contributed by atoms with Crippen LogP contribution in [0.25, 0.3) is 31.1 Å². The number of imidazole rings is 2. The normalized spacial score (nSPS) is 17.2. The minimum Gasteiger partial charge on any atom is -0.453 e. The van der Waals surface area contributed by atoms with Gasteiger partial charge in [-0.15, -0.1) is 22.7 Å². The number of methoxy groups -OCH3 is 2. The first-order valence-corrected chi connectivity index (χ1v) is 21.8. The number of hydrogen-bond donors (Lipinski definition) is 4. The van der Waals surface area contributed by atoms with E-state index in [0.717, 1.165) is 67.5 Å². The topological polar surface area (TPSA) is 175 Å². The SMILES string of the molecule is COC(=O)N[C@H](C(=O)N1CCC[C@H]1c1ncc(-c2ccc(-c3cc4sc(C#Cc5cnc(C6CCCN6C(=O)[C@H](NC(=O)OC)c6ccccc6)[nH]5)cc4s3)cc2)[nH]1)C(C)C. The summed E-state index contributed by atoms with van der Waals surface area (Å²) < 4.78 is 11.9. The Morgan fingerprint density at radius 1 is 0.754 bits per heavy atom. The number of amides is 4. The van der Waals surface area contributed by atoms with Crippen molar-refractivity contribution in [3.8, 4) is 33.5 Å². The Bertz CT molecular complexity index is 2570. The highest BCUT2D eigenvalue weighted by molar-refractivity contribution is 7.29. The number of alkyl carbamates (subject to hydrolysis) is 2. The highest BCUT2D eigenvalue weighted by atomic mass is 32.1. The number of likely N-dealkylation sites (tertiary alicyclic amines) is 2. The first-order valence-electron chi connectivity index (χ1n) is 20.2. The molecular formula is C45H46N8O6S2. The van der Waals surface area contributed by atoms with E-state index < -0.39 is 24.3 Å². The Kier molecular flexibility index (Phi) is 12.2. The van der Waals surface area contributed by atoms with Gasteiger partial charge in [-0.3, -0.25) is 9.59 Å². The third-order valence-electron chi connectivity index (χ3n) is 11.1. The number of aromatic amines is 2. The second-order valence-corrected chi connectivity index (χ2v) is 17.5. The quantitative estimate of drug-likeness (QED) is 0.100. The van der Waals surface area contributed by atoms with Gasteiger partial charge in [0.2, 0.25) is 5.91 Å². The highest BCUT2D eigenvalue weighted by Gasteiger charge is 2.38. The molecule has 61 heavy (non-hydrogen) atoms. The molecule has 0 bridgehead atoms. The summed E-state index contributed by atoms with van der Waals surface area (Å²) in [5, 5.41) is 5.40. The summed E-state index contributed by atoms with van der Waals surface area (Å²) >= 11 is 3.35. The molecule has 0 spiro atoms. The number of hydrogen-bond acceptors (Lipinski definition) is 10. The molecule has 4 amide bonds. The van der Waals surface area contributed by atoms with Gasteiger partial charge in [-0.05, 0) is 72.3 Å². The minimum absolute atomic E-state index is 0.105. The second kappa shape index (κ2) is 18.0. The minimum atomic E-state index is -0.884. The van der Waals surface area contributed by atoms with Gasteiger partial charge in [0, 0.05) is 27.4 Å². The predicted octanol–water partition coefficient (Wildman–Crippen LogP) is 7.95. The molecule has 6 aromatic rings. The molecule has 0 radical (unpaired) electrons. The molecule has 0 saturated carbocycles. The fourth-order valence-corrected chi connectivity index (χ4v) is 10.2. The Morgan fingerprint density at radius 3 is 2.05 bits per heavy atom. The molecule has 4 atom stereocenters. The van der Waals surface area contributed by atoms with E-state index in [1.165, 1.54) is 14.2 Å². The van der Waals surface area contributed by atoms with E-state index in [-0.39, 0.29) is 29.8 Å². The lowest BCUT2D eigenvalue weighted by Gasteiger charge is -2.30. The van der Waals surface area contributed by atoms with Gasteiger partial charge in [0.15, 0.2) is 0 Å². The number of fused-ring (bicyclic) bond motifs is 1. The smallest absolute Gasteiger partial charge is 0.407 e. The molecule has 4 N–H and O–H groups in total. The molecule has 314 valence electrons. The van der Waals surface area contributed by atoms with Crippen molar-refractivity contribution in [2.24, 2.45) is 5.92 Å². The van der Waals surface area contributed by atoms with Crippen molar-refractivity contribution in [1.29, 1.82) is 0 Å². The molecule has 1 unspecified atom stereocenters. The third kappa shape index (κ3) is 8.89. The van der Waals surface area contributed by atoms with Crippen molar-refractivity contribution in [2.75, 3.05) is 27.3 Å². The summed E-state index contributed by atoms with van der Waals surface area (Å²) in [5.41, 5.74) is 4.30. The fraction of sp³-hybridized carbons (Fsp3) is 0.333. The van der Waals surface area contributed by atoms with Crippen LogP contribution in [0, 0.1) is 17.8 Å². The van der Waals surface area contributed by atoms with Crippen LogP contribution in [0.4, 0.5) is 9.59 Å². The zero-order valence-electron chi connectivity index (χ0n) is 34.2. The van der Waals surface area contributed by atoms with E-state index in [1.807, 2.05) is 55.3 Å². The van der Waals surface area contributed by atoms with E-state index in [0.29, 0.717) is 30.2 Å². The lowest BCUT2D eigenvalue weighted by molar-refractivity contribution is -0.135. The van der Waals surface area contributed by atoms with Crippen LogP contribution in [0.15, 0.2) is 79.1 Å². The number of aromatic nitrogens is 4. The molecule has 2 saturated heterocycles. The van der Waals surface area contributed by atoms with Crippen LogP contribution in [0.5, 0.6) is 0 Å². The van der Waals surface area contributed by atoms with Crippen molar-refractivity contribution in [3.63, 3.8) is 0 Å². The Labute approximate surface area is 361 Å². The third-order valence-corrected chi connectivity index (χ3v) is 13.4. The molecular weight excluding hydrogens is 813 g/mol. The molecule has 16 heteroatoms. The number of thiophene rings is 2. The van der Waals surface area contributed by atoms with Crippen LogP contribution in [0.2, 0.25) is 0 Å². The summed E-state index contributed by atoms with van der Waals surface area (Å²) in [7, 11) is 2.57. The summed E-state index contributed by atoms with van der Waals surface area (Å²) in [4.78, 5) is 73.3. The predicted molar refractivity (Wildman–Crippen MR) is 234 cm³/mol. The van der Waals surface area contributed by atoms with Crippen molar-refractivity contribution in [2.45, 2.75) is 63.7 Å². The van der Waals surface area contributed by atoms with Gasteiger partial charge >= 0.3 is 12.2 Å². The average molecular weight is 859 g/mol. The van der Waals surface area contributed by atoms with Crippen LogP contribution in [0.1, 0.15) is 85.4 Å². The zero-order chi connectivity index (χ0) is 42.6. The molecule has 14 nitrogen and oxygen atoms in total. The zero-order valence-corrected chi connectivity index (χ0v) is 35.8. The fourth-order valence-electron chi connectivity index (χ4n) is 7.99. The number of nitrogens with zero attached hydrogens (tertiary/aromatic N) is 4. The van der Waals surface area contributed by atoms with Crippen LogP contribution in [-0.4, -0.2) is 87.1 Å². The monoisotopic (exact) mass is 858 g/mol. The number of benzene rings is 2. The number of H-pyrrole nitrogens is 2. The van der Waals surface area contributed by atoms with Gasteiger partial charge in [0.1, 0.15) is 29.4 Å². The van der Waals surface area contributed by atoms with E-state index in [2.05, 4.69) is 78.8 Å². The molecule has 4 aromatic heterocycles. The lowest BCUT2D eigenvalue weighted by Crippen LogP contribution is -2.51. The van der Waals surface area contributed by atoms with Crippen LogP contribution < -0.4 is 10.6 Å². The number of rotatable bonds is 10. The van der Waals surface area contributed by atoms with Gasteiger partial charge < -0.3 is 39.9 Å². The van der Waals surface area contributed by atoms with Crippen molar-refractivity contribution < 1.29 is 28.7 Å². The van der Waals surface area contributed by atoms with Crippen molar-refractivity contribution in [1.82, 2.24) is 40.4 Å². The Morgan fingerprint density at radius 2 is 1.38 bits per heavy atom. The molecule has 2 fully saturated rings. The average Bonchev–Trinajstić information content (AvgIpc) is 4.13. The maximum absolute atomic E-state index is 13.8. The summed E-state index contributed by atoms with van der Waals surface area (Å²) in [6, 6.07) is 19.8. The van der Waals surface area contributed by atoms with Crippen molar-refractivity contribution >= 4 is 56.1 Å². The molecule has 2 aliphatic rings. The number of ether oxygens (including phenoxy) is 2. The van der Waals surface area contributed by atoms with Crippen LogP contribution in [-0.2, 0) is 19.1 Å². The number of carbonyl (C=O) groups is 4. The van der Waals surface area contributed by atoms with E-state index in [9.17, 15) is 19.2 Å². The lowest BCUT2D eigenvalue weighted by atomic mass is 10.0. The maximum atomic E-state index is 13.8. The molecule has 8 rings (SSSR count). The van der Waals surface area contributed by atoms with E-state index in [4.69, 9.17) is 9.47 Å².